The molecule has 3 aromatic rings. The number of nitrogens with zero attached hydrogens (tertiary/aromatic N) is 2. The van der Waals surface area contributed by atoms with Crippen molar-refractivity contribution in [3.63, 3.8) is 0 Å². The number of hydrogen-bond acceptors (Lipinski definition) is 3. The zero-order valence-electron chi connectivity index (χ0n) is 16.2. The van der Waals surface area contributed by atoms with E-state index in [1.807, 2.05) is 0 Å². The fourth-order valence-corrected chi connectivity index (χ4v) is 4.53. The molecule has 0 atom stereocenters. The molecule has 0 radical (unpaired) electrons. The summed E-state index contributed by atoms with van der Waals surface area (Å²) in [6.45, 7) is 4.82. The summed E-state index contributed by atoms with van der Waals surface area (Å²) in [6.07, 6.45) is 0. The van der Waals surface area contributed by atoms with Crippen LogP contribution in [0.25, 0.3) is 0 Å². The lowest BCUT2D eigenvalue weighted by Crippen LogP contribution is -2.56. The Hall–Kier alpha value is -2.46. The van der Waals surface area contributed by atoms with Gasteiger partial charge in [0.2, 0.25) is 0 Å². The SMILES string of the molecule is OCCN1CCN(C(c2ccccc2)(c2ccccc2)c2ccccc2)CC1. The van der Waals surface area contributed by atoms with Gasteiger partial charge in [0.1, 0.15) is 0 Å². The first-order chi connectivity index (χ1) is 13.9. The summed E-state index contributed by atoms with van der Waals surface area (Å²) in [4.78, 5) is 4.96. The van der Waals surface area contributed by atoms with E-state index in [4.69, 9.17) is 0 Å². The van der Waals surface area contributed by atoms with Gasteiger partial charge < -0.3 is 5.11 Å². The molecule has 28 heavy (non-hydrogen) atoms. The summed E-state index contributed by atoms with van der Waals surface area (Å²) in [6, 6.07) is 32.6. The summed E-state index contributed by atoms with van der Waals surface area (Å²) >= 11 is 0. The predicted molar refractivity (Wildman–Crippen MR) is 114 cm³/mol. The van der Waals surface area contributed by atoms with E-state index in [0.717, 1.165) is 32.7 Å². The lowest BCUT2D eigenvalue weighted by atomic mass is 9.75. The van der Waals surface area contributed by atoms with Crippen molar-refractivity contribution in [2.24, 2.45) is 0 Å². The van der Waals surface area contributed by atoms with Crippen molar-refractivity contribution in [1.82, 2.24) is 9.80 Å². The molecule has 1 heterocycles. The van der Waals surface area contributed by atoms with Crippen LogP contribution in [0.3, 0.4) is 0 Å². The highest BCUT2D eigenvalue weighted by molar-refractivity contribution is 5.49. The molecule has 0 spiro atoms. The Bertz CT molecular complexity index is 747. The number of benzene rings is 3. The minimum Gasteiger partial charge on any atom is -0.395 e. The highest BCUT2D eigenvalue weighted by atomic mass is 16.3. The summed E-state index contributed by atoms with van der Waals surface area (Å²) in [5.41, 5.74) is 3.56. The maximum atomic E-state index is 9.32. The Labute approximate surface area is 167 Å². The van der Waals surface area contributed by atoms with Crippen molar-refractivity contribution in [2.75, 3.05) is 39.3 Å². The van der Waals surface area contributed by atoms with Crippen LogP contribution in [0.1, 0.15) is 16.7 Å². The molecule has 4 rings (SSSR count). The highest BCUT2D eigenvalue weighted by Crippen LogP contribution is 2.42. The van der Waals surface area contributed by atoms with Gasteiger partial charge in [-0.25, -0.2) is 0 Å². The van der Waals surface area contributed by atoms with Crippen molar-refractivity contribution >= 4 is 0 Å². The second-order valence-corrected chi connectivity index (χ2v) is 7.36. The zero-order valence-corrected chi connectivity index (χ0v) is 16.2. The number of aliphatic hydroxyl groups is 1. The van der Waals surface area contributed by atoms with Gasteiger partial charge in [-0.3, -0.25) is 9.80 Å². The second-order valence-electron chi connectivity index (χ2n) is 7.36. The largest absolute Gasteiger partial charge is 0.395 e. The molecular formula is C25H28N2O. The quantitative estimate of drug-likeness (QED) is 0.670. The molecule has 0 aliphatic carbocycles. The van der Waals surface area contributed by atoms with E-state index in [-0.39, 0.29) is 12.1 Å². The lowest BCUT2D eigenvalue weighted by Gasteiger charge is -2.49. The van der Waals surface area contributed by atoms with Crippen molar-refractivity contribution in [3.05, 3.63) is 108 Å². The Morgan fingerprint density at radius 2 is 1.00 bits per heavy atom. The molecule has 3 heteroatoms. The fraction of sp³-hybridized carbons (Fsp3) is 0.280. The maximum absolute atomic E-state index is 9.32. The Morgan fingerprint density at radius 3 is 1.36 bits per heavy atom. The number of piperazine rings is 1. The van der Waals surface area contributed by atoms with Crippen LogP contribution in [0, 0.1) is 0 Å². The first-order valence-electron chi connectivity index (χ1n) is 10.1. The molecule has 1 aliphatic rings. The molecule has 0 bridgehead atoms. The monoisotopic (exact) mass is 372 g/mol. The van der Waals surface area contributed by atoms with E-state index in [9.17, 15) is 5.11 Å². The van der Waals surface area contributed by atoms with Crippen LogP contribution in [0.15, 0.2) is 91.0 Å². The molecular weight excluding hydrogens is 344 g/mol. The zero-order chi connectivity index (χ0) is 19.2. The van der Waals surface area contributed by atoms with E-state index in [2.05, 4.69) is 101 Å². The van der Waals surface area contributed by atoms with Crippen molar-refractivity contribution < 1.29 is 5.11 Å². The van der Waals surface area contributed by atoms with Gasteiger partial charge in [0.25, 0.3) is 0 Å². The van der Waals surface area contributed by atoms with Gasteiger partial charge in [-0.05, 0) is 16.7 Å². The van der Waals surface area contributed by atoms with E-state index in [1.165, 1.54) is 16.7 Å². The minimum atomic E-state index is -0.324. The summed E-state index contributed by atoms with van der Waals surface area (Å²) in [7, 11) is 0. The smallest absolute Gasteiger partial charge is 0.0973 e. The van der Waals surface area contributed by atoms with Gasteiger partial charge in [-0.15, -0.1) is 0 Å². The number of rotatable bonds is 6. The lowest BCUT2D eigenvalue weighted by molar-refractivity contribution is 0.0640. The molecule has 144 valence electrons. The predicted octanol–water partition coefficient (Wildman–Crippen LogP) is 3.59. The molecule has 0 amide bonds. The second kappa shape index (κ2) is 8.70. The highest BCUT2D eigenvalue weighted by Gasteiger charge is 2.42. The molecule has 3 aromatic carbocycles. The number of aliphatic hydroxyl groups excluding tert-OH is 1. The van der Waals surface area contributed by atoms with Gasteiger partial charge in [-0.1, -0.05) is 91.0 Å². The van der Waals surface area contributed by atoms with Crippen molar-refractivity contribution in [3.8, 4) is 0 Å². The summed E-state index contributed by atoms with van der Waals surface area (Å²) in [5.74, 6) is 0. The van der Waals surface area contributed by atoms with Crippen LogP contribution < -0.4 is 0 Å². The van der Waals surface area contributed by atoms with Gasteiger partial charge in [0.15, 0.2) is 0 Å². The third-order valence-electron chi connectivity index (χ3n) is 5.84. The first kappa shape index (κ1) is 18.9. The average molecular weight is 373 g/mol. The molecule has 1 saturated heterocycles. The van der Waals surface area contributed by atoms with Crippen molar-refractivity contribution in [1.29, 1.82) is 0 Å². The Balaban J connectivity index is 1.87. The average Bonchev–Trinajstić information content (AvgIpc) is 2.78. The molecule has 3 nitrogen and oxygen atoms in total. The third kappa shape index (κ3) is 3.49. The normalized spacial score (nSPS) is 16.2. The molecule has 0 saturated carbocycles. The number of hydrogen-bond donors (Lipinski definition) is 1. The van der Waals surface area contributed by atoms with E-state index in [1.54, 1.807) is 0 Å². The summed E-state index contributed by atoms with van der Waals surface area (Å²) < 4.78 is 0. The first-order valence-corrected chi connectivity index (χ1v) is 10.1. The third-order valence-corrected chi connectivity index (χ3v) is 5.84. The summed E-state index contributed by atoms with van der Waals surface area (Å²) in [5, 5.41) is 9.32. The molecule has 1 fully saturated rings. The molecule has 1 aliphatic heterocycles. The van der Waals surface area contributed by atoms with E-state index < -0.39 is 0 Å². The Kier molecular flexibility index (Phi) is 5.87. The van der Waals surface area contributed by atoms with E-state index in [0.29, 0.717) is 0 Å². The standard InChI is InChI=1S/C25H28N2O/c28-21-20-26-16-18-27(19-17-26)25(22-10-4-1-5-11-22,23-12-6-2-7-13-23)24-14-8-3-9-15-24/h1-15,28H,16-21H2. The van der Waals surface area contributed by atoms with Gasteiger partial charge in [-0.2, -0.15) is 0 Å². The van der Waals surface area contributed by atoms with Crippen LogP contribution in [-0.4, -0.2) is 54.2 Å². The van der Waals surface area contributed by atoms with Gasteiger partial charge >= 0.3 is 0 Å². The van der Waals surface area contributed by atoms with Crippen LogP contribution in [0.5, 0.6) is 0 Å². The van der Waals surface area contributed by atoms with Crippen LogP contribution >= 0.6 is 0 Å². The Morgan fingerprint density at radius 1 is 0.607 bits per heavy atom. The maximum Gasteiger partial charge on any atom is 0.0973 e. The van der Waals surface area contributed by atoms with Gasteiger partial charge in [0.05, 0.1) is 12.1 Å². The van der Waals surface area contributed by atoms with E-state index >= 15 is 0 Å². The molecule has 1 N–H and O–H groups in total. The fourth-order valence-electron chi connectivity index (χ4n) is 4.53. The van der Waals surface area contributed by atoms with Crippen LogP contribution in [0.4, 0.5) is 0 Å². The van der Waals surface area contributed by atoms with Crippen LogP contribution in [-0.2, 0) is 5.54 Å². The van der Waals surface area contributed by atoms with Crippen molar-refractivity contribution in [2.45, 2.75) is 5.54 Å². The molecule has 0 unspecified atom stereocenters. The topological polar surface area (TPSA) is 26.7 Å². The minimum absolute atomic E-state index is 0.223. The molecule has 0 aromatic heterocycles. The number of β-amino-alcohol motifs (C(OH)–C–C–N with tert-alkyl or cyclic N) is 1. The van der Waals surface area contributed by atoms with Gasteiger partial charge in [0, 0.05) is 32.7 Å². The van der Waals surface area contributed by atoms with Crippen LogP contribution in [0.2, 0.25) is 0 Å².